The van der Waals surface area contributed by atoms with E-state index in [-0.39, 0.29) is 0 Å². The van der Waals surface area contributed by atoms with Crippen LogP contribution in [-0.2, 0) is 9.84 Å². The fourth-order valence-electron chi connectivity index (χ4n) is 1.94. The Bertz CT molecular complexity index is 728. The van der Waals surface area contributed by atoms with Gasteiger partial charge in [-0.1, -0.05) is 24.3 Å². The molecule has 21 heavy (non-hydrogen) atoms. The first-order valence-electron chi connectivity index (χ1n) is 6.23. The lowest BCUT2D eigenvalue weighted by molar-refractivity contribution is 0.201. The highest BCUT2D eigenvalue weighted by atomic mass is 32.2. The average Bonchev–Trinajstić information content (AvgIpc) is 2.47. The smallest absolute Gasteiger partial charge is 0.184 e. The molecule has 1 unspecified atom stereocenters. The fourth-order valence-corrected chi connectivity index (χ4v) is 3.38. The molecule has 0 saturated carbocycles. The van der Waals surface area contributed by atoms with Crippen molar-refractivity contribution in [3.8, 4) is 5.75 Å². The SMILES string of the molecule is COc1cccc(C(O)CS(=O)(=O)c2ccccc2F)c1. The van der Waals surface area contributed by atoms with Gasteiger partial charge >= 0.3 is 0 Å². The summed E-state index contributed by atoms with van der Waals surface area (Å²) in [5, 5.41) is 10.1. The van der Waals surface area contributed by atoms with Gasteiger partial charge in [0.05, 0.1) is 19.0 Å². The maximum atomic E-state index is 13.6. The highest BCUT2D eigenvalue weighted by Gasteiger charge is 2.23. The zero-order valence-corrected chi connectivity index (χ0v) is 12.2. The van der Waals surface area contributed by atoms with E-state index >= 15 is 0 Å². The van der Waals surface area contributed by atoms with Crippen LogP contribution >= 0.6 is 0 Å². The average molecular weight is 310 g/mol. The Balaban J connectivity index is 2.26. The molecule has 0 spiro atoms. The van der Waals surface area contributed by atoms with Gasteiger partial charge < -0.3 is 9.84 Å². The van der Waals surface area contributed by atoms with Crippen molar-refractivity contribution in [3.05, 3.63) is 59.9 Å². The number of hydrogen-bond acceptors (Lipinski definition) is 4. The van der Waals surface area contributed by atoms with E-state index in [0.717, 1.165) is 6.07 Å². The Kier molecular flexibility index (Phi) is 4.59. The molecule has 2 aromatic carbocycles. The number of ether oxygens (including phenoxy) is 1. The van der Waals surface area contributed by atoms with Crippen molar-refractivity contribution in [2.24, 2.45) is 0 Å². The minimum Gasteiger partial charge on any atom is -0.497 e. The van der Waals surface area contributed by atoms with E-state index < -0.39 is 32.4 Å². The molecule has 0 heterocycles. The van der Waals surface area contributed by atoms with E-state index in [9.17, 15) is 17.9 Å². The molecule has 0 saturated heterocycles. The highest BCUT2D eigenvalue weighted by molar-refractivity contribution is 7.91. The normalized spacial score (nSPS) is 12.9. The predicted octanol–water partition coefficient (Wildman–Crippen LogP) is 2.34. The van der Waals surface area contributed by atoms with E-state index in [0.29, 0.717) is 11.3 Å². The number of aliphatic hydroxyl groups is 1. The van der Waals surface area contributed by atoms with Gasteiger partial charge in [-0.15, -0.1) is 0 Å². The molecule has 6 heteroatoms. The largest absolute Gasteiger partial charge is 0.497 e. The standard InChI is InChI=1S/C15H15FO4S/c1-20-12-6-4-5-11(9-12)14(17)10-21(18,19)15-8-3-2-7-13(15)16/h2-9,14,17H,10H2,1H3. The van der Waals surface area contributed by atoms with Crippen molar-refractivity contribution in [1.82, 2.24) is 0 Å². The summed E-state index contributed by atoms with van der Waals surface area (Å²) in [7, 11) is -2.45. The number of hydrogen-bond donors (Lipinski definition) is 1. The van der Waals surface area contributed by atoms with E-state index in [4.69, 9.17) is 4.74 Å². The summed E-state index contributed by atoms with van der Waals surface area (Å²) in [6, 6.07) is 11.6. The molecule has 0 amide bonds. The molecule has 0 aliphatic rings. The number of methoxy groups -OCH3 is 1. The van der Waals surface area contributed by atoms with Crippen LogP contribution in [-0.4, -0.2) is 26.4 Å². The molecule has 0 bridgehead atoms. The molecule has 2 aromatic rings. The molecule has 0 aromatic heterocycles. The summed E-state index contributed by atoms with van der Waals surface area (Å²) in [6.07, 6.45) is -1.26. The fraction of sp³-hybridized carbons (Fsp3) is 0.200. The van der Waals surface area contributed by atoms with Crippen molar-refractivity contribution >= 4 is 9.84 Å². The molecule has 1 N–H and O–H groups in total. The monoisotopic (exact) mass is 310 g/mol. The number of benzene rings is 2. The zero-order valence-electron chi connectivity index (χ0n) is 11.4. The zero-order chi connectivity index (χ0) is 15.5. The van der Waals surface area contributed by atoms with Crippen molar-refractivity contribution < 1.29 is 22.7 Å². The summed E-state index contributed by atoms with van der Waals surface area (Å²) >= 11 is 0. The van der Waals surface area contributed by atoms with Crippen LogP contribution in [0.15, 0.2) is 53.4 Å². The summed E-state index contributed by atoms with van der Waals surface area (Å²) in [5.74, 6) is -0.911. The maximum absolute atomic E-state index is 13.6. The Morgan fingerprint density at radius 3 is 2.57 bits per heavy atom. The molecular formula is C15H15FO4S. The molecule has 4 nitrogen and oxygen atoms in total. The van der Waals surface area contributed by atoms with Crippen LogP contribution < -0.4 is 4.74 Å². The van der Waals surface area contributed by atoms with Crippen LogP contribution in [0.2, 0.25) is 0 Å². The lowest BCUT2D eigenvalue weighted by Gasteiger charge is -2.13. The second-order valence-electron chi connectivity index (χ2n) is 4.50. The van der Waals surface area contributed by atoms with E-state index in [1.165, 1.54) is 25.3 Å². The number of aliphatic hydroxyl groups excluding tert-OH is 1. The van der Waals surface area contributed by atoms with Crippen molar-refractivity contribution in [2.75, 3.05) is 12.9 Å². The van der Waals surface area contributed by atoms with E-state index in [2.05, 4.69) is 0 Å². The highest BCUT2D eigenvalue weighted by Crippen LogP contribution is 2.24. The molecule has 0 fully saturated rings. The van der Waals surface area contributed by atoms with Gasteiger partial charge in [0, 0.05) is 0 Å². The summed E-state index contributed by atoms with van der Waals surface area (Å²) in [5.41, 5.74) is 0.397. The van der Waals surface area contributed by atoms with Crippen LogP contribution in [0, 0.1) is 5.82 Å². The van der Waals surface area contributed by atoms with Gasteiger partial charge in [-0.3, -0.25) is 0 Å². The quantitative estimate of drug-likeness (QED) is 0.920. The van der Waals surface area contributed by atoms with E-state index in [1.807, 2.05) is 0 Å². The first-order valence-corrected chi connectivity index (χ1v) is 7.88. The third-order valence-corrected chi connectivity index (χ3v) is 4.78. The Labute approximate surface area is 122 Å². The number of rotatable bonds is 5. The Morgan fingerprint density at radius 2 is 1.90 bits per heavy atom. The molecular weight excluding hydrogens is 295 g/mol. The second kappa shape index (κ2) is 6.24. The van der Waals surface area contributed by atoms with Gasteiger partial charge in [-0.05, 0) is 29.8 Å². The summed E-state index contributed by atoms with van der Waals surface area (Å²) in [6.45, 7) is 0. The van der Waals surface area contributed by atoms with Gasteiger partial charge in [-0.2, -0.15) is 0 Å². The minimum atomic E-state index is -3.92. The van der Waals surface area contributed by atoms with Gasteiger partial charge in [0.1, 0.15) is 16.5 Å². The molecule has 1 atom stereocenters. The third-order valence-electron chi connectivity index (χ3n) is 3.03. The van der Waals surface area contributed by atoms with Crippen LogP contribution in [0.3, 0.4) is 0 Å². The summed E-state index contributed by atoms with van der Waals surface area (Å²) in [4.78, 5) is -0.410. The second-order valence-corrected chi connectivity index (χ2v) is 6.51. The third kappa shape index (κ3) is 3.59. The van der Waals surface area contributed by atoms with Gasteiger partial charge in [-0.25, -0.2) is 12.8 Å². The number of sulfone groups is 1. The number of halogens is 1. The van der Waals surface area contributed by atoms with Crippen molar-refractivity contribution in [1.29, 1.82) is 0 Å². The van der Waals surface area contributed by atoms with Gasteiger partial charge in [0.25, 0.3) is 0 Å². The molecule has 0 aliphatic heterocycles. The topological polar surface area (TPSA) is 63.6 Å². The van der Waals surface area contributed by atoms with Crippen LogP contribution in [0.25, 0.3) is 0 Å². The van der Waals surface area contributed by atoms with Gasteiger partial charge in [0.15, 0.2) is 9.84 Å². The van der Waals surface area contributed by atoms with Crippen LogP contribution in [0.5, 0.6) is 5.75 Å². The predicted molar refractivity (Wildman–Crippen MR) is 76.4 cm³/mol. The first-order chi connectivity index (χ1) is 9.94. The first kappa shape index (κ1) is 15.5. The van der Waals surface area contributed by atoms with Crippen LogP contribution in [0.4, 0.5) is 4.39 Å². The van der Waals surface area contributed by atoms with Gasteiger partial charge in [0.2, 0.25) is 0 Å². The van der Waals surface area contributed by atoms with E-state index in [1.54, 1.807) is 24.3 Å². The molecule has 112 valence electrons. The van der Waals surface area contributed by atoms with Crippen LogP contribution in [0.1, 0.15) is 11.7 Å². The van der Waals surface area contributed by atoms with Crippen molar-refractivity contribution in [2.45, 2.75) is 11.0 Å². The maximum Gasteiger partial charge on any atom is 0.184 e. The minimum absolute atomic E-state index is 0.397. The Hall–Kier alpha value is -1.92. The molecule has 2 rings (SSSR count). The lowest BCUT2D eigenvalue weighted by atomic mass is 10.1. The molecule has 0 aliphatic carbocycles. The Morgan fingerprint density at radius 1 is 1.19 bits per heavy atom. The lowest BCUT2D eigenvalue weighted by Crippen LogP contribution is -2.16. The van der Waals surface area contributed by atoms with Crippen molar-refractivity contribution in [3.63, 3.8) is 0 Å². The summed E-state index contributed by atoms with van der Waals surface area (Å²) < 4.78 is 42.9. The molecule has 0 radical (unpaired) electrons.